The summed E-state index contributed by atoms with van der Waals surface area (Å²) in [4.78, 5) is 113. The molecule has 9 heterocycles. The summed E-state index contributed by atoms with van der Waals surface area (Å²) in [7, 11) is 0. The van der Waals surface area contributed by atoms with Gasteiger partial charge in [-0.05, 0) is 243 Å². The molecule has 0 amide bonds. The average Bonchev–Trinajstić information content (AvgIpc) is 0.805. The molecule has 9 aliphatic rings. The Morgan fingerprint density at radius 1 is 0.417 bits per heavy atom. The van der Waals surface area contributed by atoms with Crippen molar-refractivity contribution in [3.63, 3.8) is 0 Å². The third-order valence-corrected chi connectivity index (χ3v) is 24.7. The monoisotopic (exact) mass is 2070 g/mol. The van der Waals surface area contributed by atoms with Crippen molar-refractivity contribution in [1.29, 1.82) is 0 Å². The fourth-order valence-corrected chi connectivity index (χ4v) is 16.3. The maximum atomic E-state index is 14.3. The normalized spacial score (nSPS) is 26.7. The number of halogens is 6. The summed E-state index contributed by atoms with van der Waals surface area (Å²) >= 11 is 0. The smallest absolute Gasteiger partial charge is 0.331 e. The van der Waals surface area contributed by atoms with Gasteiger partial charge in [0.1, 0.15) is 50.0 Å². The number of carboxylic acids is 9. The van der Waals surface area contributed by atoms with E-state index in [1.54, 1.807) is 61.0 Å². The highest BCUT2D eigenvalue weighted by atomic mass is 19.3. The number of likely N-dealkylation sites (tertiary alicyclic amines) is 3. The number of morpholine rings is 6. The molecule has 36 nitrogen and oxygen atoms in total. The van der Waals surface area contributed by atoms with Crippen molar-refractivity contribution in [2.45, 2.75) is 343 Å². The molecule has 0 saturated carbocycles. The first-order valence-electron chi connectivity index (χ1n) is 49.2. The van der Waals surface area contributed by atoms with Crippen LogP contribution in [-0.4, -0.2) is 451 Å². The van der Waals surface area contributed by atoms with Gasteiger partial charge in [-0.25, -0.2) is 69.5 Å². The molecule has 0 aromatic carbocycles. The molecule has 9 saturated heterocycles. The zero-order valence-electron chi connectivity index (χ0n) is 91.0. The molecule has 9 unspecified atom stereocenters. The van der Waals surface area contributed by atoms with Gasteiger partial charge in [0.15, 0.2) is 0 Å². The molecule has 9 aliphatic heterocycles. The SMILES string of the molecule is C/C(=C\C(=O)O)[C@@H]1CN(C(C)(C)C)CCO1.C/C(=C\C1CN(C(C)(C)C)CC(C)(F)C1)C(=O)O.C/C(=C\[C@@H]1CN(C(C)(C)C)CCO1)C(=O)O.CC(C)(C)N1CC(F)C(OCC(=O)O)C(F)C1.CC(C)(C)N1CCC(OCC(=O)O)C(F)(F)C1.CC(C)(C)N1CCOC(/C=C/C(=O)O)C1.CC(C)(C)N1CCO[C@H](/C=C/C(=O)O)C1.CC(C)N1CC(F)OCC1COCC(=O)O.CC(C)N1CCOCC1/C=C/C(=O)O. The number of alkyl halides is 6. The molecule has 9 rings (SSSR count). The molecule has 9 fully saturated rings. The van der Waals surface area contributed by atoms with Gasteiger partial charge in [0.25, 0.3) is 5.92 Å². The van der Waals surface area contributed by atoms with Gasteiger partial charge in [-0.15, -0.1) is 0 Å². The van der Waals surface area contributed by atoms with Crippen LogP contribution in [0.5, 0.6) is 0 Å². The van der Waals surface area contributed by atoms with Crippen molar-refractivity contribution in [3.05, 3.63) is 71.4 Å². The summed E-state index contributed by atoms with van der Waals surface area (Å²) in [6.45, 7) is 69.8. The number of carbonyl (C=O) groups is 9. The van der Waals surface area contributed by atoms with Crippen LogP contribution in [0, 0.1) is 5.92 Å². The van der Waals surface area contributed by atoms with E-state index in [1.807, 2.05) is 67.2 Å². The number of rotatable bonds is 24. The summed E-state index contributed by atoms with van der Waals surface area (Å²) in [6.07, 6.45) is 6.33. The van der Waals surface area contributed by atoms with Crippen LogP contribution in [0.3, 0.4) is 0 Å². The van der Waals surface area contributed by atoms with Crippen LogP contribution in [-0.2, 0) is 85.8 Å². The van der Waals surface area contributed by atoms with Gasteiger partial charge in [0.05, 0.1) is 102 Å². The zero-order valence-corrected chi connectivity index (χ0v) is 91.0. The van der Waals surface area contributed by atoms with Crippen LogP contribution in [0.15, 0.2) is 71.4 Å². The van der Waals surface area contributed by atoms with Crippen LogP contribution in [0.2, 0.25) is 0 Å². The van der Waals surface area contributed by atoms with Crippen LogP contribution in [0.25, 0.3) is 0 Å². The summed E-state index contributed by atoms with van der Waals surface area (Å²) in [5.41, 5.74) is -0.138. The van der Waals surface area contributed by atoms with E-state index >= 15 is 0 Å². The minimum Gasteiger partial charge on any atom is -0.480 e. The molecular weight excluding hydrogens is 1900 g/mol. The molecule has 42 heteroatoms. The van der Waals surface area contributed by atoms with E-state index in [-0.39, 0.29) is 140 Å². The first kappa shape index (κ1) is 135. The molecule has 0 aromatic rings. The average molecular weight is 2080 g/mol. The number of nitrogens with zero attached hydrogens (tertiary/aromatic N) is 9. The highest BCUT2D eigenvalue weighted by Gasteiger charge is 2.49. The Morgan fingerprint density at radius 3 is 1.22 bits per heavy atom. The van der Waals surface area contributed by atoms with Crippen molar-refractivity contribution in [2.24, 2.45) is 5.92 Å². The third-order valence-electron chi connectivity index (χ3n) is 24.7. The lowest BCUT2D eigenvalue weighted by Gasteiger charge is -2.45. The molecule has 144 heavy (non-hydrogen) atoms. The minimum atomic E-state index is -3.00. The Bertz CT molecular complexity index is 4000. The lowest BCUT2D eigenvalue weighted by molar-refractivity contribution is -0.189. The van der Waals surface area contributed by atoms with Crippen molar-refractivity contribution < 1.29 is 158 Å². The summed E-state index contributed by atoms with van der Waals surface area (Å²) < 4.78 is 129. The maximum absolute atomic E-state index is 14.3. The quantitative estimate of drug-likeness (QED) is 0.0320. The standard InChI is InChI=1S/C14H24FNO2.2C12H21NO3.2C11H19F2NO3.2C11H19NO3.C10H18FNO4.C10H17NO3/c1-10(12(17)18)6-11-7-14(5,15)9-16(8-11)13(2,3)4;1-9(7-11(14)15)10-8-13(5-6-16-10)12(2,3)4;1-9(11(14)15)7-10-8-13(5-6-16-10)12(2,3)4;1-11(2,3)14-4-7(12)10(8(13)5-14)17-6-9(15)16;1-10(2,3)14-5-4-8(11(12,13)7-14)17-6-9(15)16;2*1-11(2,3)12-6-7-15-9(8-12)4-5-10(13)14;1-7(2)12-3-9(11)16-5-8(12)4-15-6-10(13)14;1-8(2)11-5-6-14-7-9(11)3-4-10(12)13/h6,11H,7-9H2,1-5H3,(H,17,18);2*7,10H,5-6,8H2,1-4H3,(H,14,15);7-8,10H,4-6H2,1-3H3,(H,15,16);8H,4-7H2,1-3H3,(H,15,16);2*4-5,9H,6-8H2,1-3H3,(H,13,14);7-9H,3-6H2,1-2H3,(H,13,14);3-4,8-9H,5-7H2,1-2H3,(H,12,13)/b10-6+;2*9-7+;;;2*5-4+;;4-3+/t;2*10-;;;9-;;;/m.01..1.../s1. The number of aliphatic carboxylic acids is 9. The number of ether oxygens (including phenoxy) is 9. The van der Waals surface area contributed by atoms with Crippen molar-refractivity contribution in [2.75, 3.05) is 177 Å². The predicted molar refractivity (Wildman–Crippen MR) is 536 cm³/mol. The number of hydrogen-bond acceptors (Lipinski definition) is 27. The topological polar surface area (TPSA) is 448 Å². The van der Waals surface area contributed by atoms with Gasteiger partial charge < -0.3 is 88.6 Å². The molecule has 834 valence electrons. The van der Waals surface area contributed by atoms with Gasteiger partial charge in [-0.1, -0.05) is 12.2 Å². The van der Waals surface area contributed by atoms with Gasteiger partial charge in [0.2, 0.25) is 6.36 Å². The molecule has 9 N–H and O–H groups in total. The fraction of sp³-hybridized carbons (Fsp3) is 0.794. The lowest BCUT2D eigenvalue weighted by Crippen LogP contribution is -2.58. The van der Waals surface area contributed by atoms with Crippen LogP contribution in [0.1, 0.15) is 214 Å². The molecule has 0 aromatic heterocycles. The highest BCUT2D eigenvalue weighted by Crippen LogP contribution is 2.36. The number of piperidine rings is 3. The van der Waals surface area contributed by atoms with E-state index in [0.29, 0.717) is 76.3 Å². The Hall–Kier alpha value is -7.47. The van der Waals surface area contributed by atoms with E-state index in [4.69, 9.17) is 88.6 Å². The van der Waals surface area contributed by atoms with E-state index in [1.165, 1.54) is 12.2 Å². The first-order valence-corrected chi connectivity index (χ1v) is 49.2. The maximum Gasteiger partial charge on any atom is 0.331 e. The second-order valence-corrected chi connectivity index (χ2v) is 44.8. The summed E-state index contributed by atoms with van der Waals surface area (Å²) in [5.74, 6) is -11.9. The van der Waals surface area contributed by atoms with Crippen LogP contribution in [0.4, 0.5) is 26.3 Å². The van der Waals surface area contributed by atoms with E-state index in [0.717, 1.165) is 83.2 Å². The van der Waals surface area contributed by atoms with Crippen molar-refractivity contribution in [3.8, 4) is 0 Å². The minimum absolute atomic E-state index is 0.0379. The lowest BCUT2D eigenvalue weighted by atomic mass is 9.84. The number of hydrogen-bond donors (Lipinski definition) is 9. The molecule has 0 aliphatic carbocycles. The Labute approximate surface area is 850 Å². The predicted octanol–water partition coefficient (Wildman–Crippen LogP) is 12.2. The molecule has 0 bridgehead atoms. The largest absolute Gasteiger partial charge is 0.480 e. The van der Waals surface area contributed by atoms with Crippen LogP contribution >= 0.6 is 0 Å². The van der Waals surface area contributed by atoms with Crippen molar-refractivity contribution in [1.82, 2.24) is 44.1 Å². The Morgan fingerprint density at radius 2 is 0.819 bits per heavy atom. The van der Waals surface area contributed by atoms with Gasteiger partial charge >= 0.3 is 53.7 Å². The first-order chi connectivity index (χ1) is 65.9. The molecular formula is C102H177F6N9O27. The summed E-state index contributed by atoms with van der Waals surface area (Å²) in [6, 6.07) is 0.620. The third kappa shape index (κ3) is 55.7. The second kappa shape index (κ2) is 62.2. The number of carboxylic acid groups (broad SMARTS) is 9. The molecule has 0 spiro atoms. The van der Waals surface area contributed by atoms with E-state index in [2.05, 4.69) is 147 Å². The van der Waals surface area contributed by atoms with Crippen molar-refractivity contribution >= 4 is 53.7 Å². The van der Waals surface area contributed by atoms with E-state index in [9.17, 15) is 69.5 Å². The van der Waals surface area contributed by atoms with Gasteiger partial charge in [-0.2, -0.15) is 0 Å². The Kier molecular flexibility index (Phi) is 58.1. The van der Waals surface area contributed by atoms with Crippen LogP contribution < -0.4 is 0 Å². The zero-order chi connectivity index (χ0) is 111. The van der Waals surface area contributed by atoms with Gasteiger partial charge in [-0.3, -0.25) is 44.1 Å². The molecule has 12 atom stereocenters. The fourth-order valence-electron chi connectivity index (χ4n) is 16.3. The Balaban J connectivity index is 0.000000811. The summed E-state index contributed by atoms with van der Waals surface area (Å²) in [5, 5.41) is 77.2. The molecule has 0 radical (unpaired) electrons. The second-order valence-electron chi connectivity index (χ2n) is 44.8. The van der Waals surface area contributed by atoms with E-state index < -0.39 is 109 Å². The highest BCUT2D eigenvalue weighted by molar-refractivity contribution is 5.86. The van der Waals surface area contributed by atoms with Gasteiger partial charge in [0, 0.05) is 178 Å².